The molecule has 2 aromatic carbocycles. The second kappa shape index (κ2) is 9.82. The Kier molecular flexibility index (Phi) is 7.20. The summed E-state index contributed by atoms with van der Waals surface area (Å²) in [6.07, 6.45) is 3.32. The molecule has 2 aromatic rings. The molecule has 1 heterocycles. The number of hydrogen-bond acceptors (Lipinski definition) is 5. The number of aliphatic carboxylic acids is 1. The first-order chi connectivity index (χ1) is 16.1. The highest BCUT2D eigenvalue weighted by Crippen LogP contribution is 2.46. The Morgan fingerprint density at radius 3 is 2.71 bits per heavy atom. The highest BCUT2D eigenvalue weighted by molar-refractivity contribution is 8.01. The molecular formula is C28H37NO4S. The van der Waals surface area contributed by atoms with Crippen LogP contribution >= 0.6 is 11.9 Å². The molecule has 1 aliphatic carbocycles. The molecule has 1 fully saturated rings. The average Bonchev–Trinajstić information content (AvgIpc) is 3.55. The Morgan fingerprint density at radius 1 is 1.29 bits per heavy atom. The van der Waals surface area contributed by atoms with Crippen LogP contribution in [-0.2, 0) is 16.0 Å². The van der Waals surface area contributed by atoms with Gasteiger partial charge in [0.25, 0.3) is 0 Å². The number of fused-ring (bicyclic) bond motifs is 1. The van der Waals surface area contributed by atoms with Gasteiger partial charge in [0.1, 0.15) is 5.75 Å². The number of benzene rings is 2. The smallest absolute Gasteiger partial charge is 0.337 e. The van der Waals surface area contributed by atoms with Gasteiger partial charge in [-0.25, -0.2) is 4.79 Å². The molecule has 1 saturated carbocycles. The van der Waals surface area contributed by atoms with E-state index >= 15 is 0 Å². The topological polar surface area (TPSA) is 67.8 Å². The van der Waals surface area contributed by atoms with E-state index in [9.17, 15) is 9.90 Å². The van der Waals surface area contributed by atoms with E-state index in [-0.39, 0.29) is 0 Å². The third kappa shape index (κ3) is 5.38. The molecular weight excluding hydrogens is 446 g/mol. The Bertz CT molecular complexity index is 1080. The molecule has 34 heavy (non-hydrogen) atoms. The van der Waals surface area contributed by atoms with Crippen molar-refractivity contribution in [1.82, 2.24) is 0 Å². The number of carboxylic acid groups (broad SMARTS) is 1. The van der Waals surface area contributed by atoms with Crippen molar-refractivity contribution in [2.24, 2.45) is 5.92 Å². The highest BCUT2D eigenvalue weighted by Gasteiger charge is 2.37. The van der Waals surface area contributed by atoms with E-state index in [0.717, 1.165) is 64.6 Å². The second-order valence-electron chi connectivity index (χ2n) is 10.5. The number of carbonyl (C=O) groups is 1. The van der Waals surface area contributed by atoms with Crippen molar-refractivity contribution < 1.29 is 19.4 Å². The van der Waals surface area contributed by atoms with E-state index in [0.29, 0.717) is 5.25 Å². The van der Waals surface area contributed by atoms with E-state index in [1.165, 1.54) is 18.4 Å². The molecule has 6 heteroatoms. The summed E-state index contributed by atoms with van der Waals surface area (Å²) in [5.41, 5.74) is 6.17. The van der Waals surface area contributed by atoms with Crippen molar-refractivity contribution in [2.45, 2.75) is 84.2 Å². The fourth-order valence-corrected chi connectivity index (χ4v) is 6.01. The molecule has 0 radical (unpaired) electrons. The average molecular weight is 484 g/mol. The zero-order valence-electron chi connectivity index (χ0n) is 21.2. The van der Waals surface area contributed by atoms with Crippen LogP contribution in [-0.4, -0.2) is 28.5 Å². The summed E-state index contributed by atoms with van der Waals surface area (Å²) in [5.74, 6) is 0.723. The number of anilines is 1. The van der Waals surface area contributed by atoms with Crippen LogP contribution in [0.1, 0.15) is 75.3 Å². The fourth-order valence-electron chi connectivity index (χ4n) is 4.79. The largest absolute Gasteiger partial charge is 0.493 e. The minimum atomic E-state index is -1.07. The Labute approximate surface area is 207 Å². The lowest BCUT2D eigenvalue weighted by atomic mass is 9.86. The number of rotatable bonds is 8. The van der Waals surface area contributed by atoms with Crippen LogP contribution in [0, 0.1) is 19.8 Å². The molecule has 3 atom stereocenters. The molecule has 0 bridgehead atoms. The second-order valence-corrected chi connectivity index (χ2v) is 11.6. The molecule has 4 rings (SSSR count). The number of hydrogen-bond donors (Lipinski definition) is 2. The maximum absolute atomic E-state index is 12.6. The van der Waals surface area contributed by atoms with Crippen molar-refractivity contribution in [3.8, 4) is 16.9 Å². The standard InChI is InChI=1S/C28H37NO4S/c1-7-18-15-23(18)34-29-21-13-16(2)24(20-10-11-22-19(14-20)9-8-12-32-22)25(17(21)3)26(27(30)31)33-28(4,5)6/h10-11,13-14,18,23,26,29H,7-9,12,15H2,1-6H3,(H,30,31). The van der Waals surface area contributed by atoms with Gasteiger partial charge in [0.15, 0.2) is 6.10 Å². The maximum Gasteiger partial charge on any atom is 0.337 e. The number of ether oxygens (including phenoxy) is 2. The Balaban J connectivity index is 1.82. The van der Waals surface area contributed by atoms with Crippen molar-refractivity contribution in [3.63, 3.8) is 0 Å². The molecule has 0 aromatic heterocycles. The summed E-state index contributed by atoms with van der Waals surface area (Å²) in [5, 5.41) is 10.9. The van der Waals surface area contributed by atoms with Gasteiger partial charge in [-0.3, -0.25) is 0 Å². The summed E-state index contributed by atoms with van der Waals surface area (Å²) in [6, 6.07) is 8.37. The lowest BCUT2D eigenvalue weighted by Gasteiger charge is -2.30. The van der Waals surface area contributed by atoms with Gasteiger partial charge in [-0.2, -0.15) is 0 Å². The number of nitrogens with one attached hydrogen (secondary N) is 1. The van der Waals surface area contributed by atoms with Gasteiger partial charge in [-0.05, 0) is 118 Å². The quantitative estimate of drug-likeness (QED) is 0.391. The number of aryl methyl sites for hydroxylation is 2. The zero-order chi connectivity index (χ0) is 24.6. The SMILES string of the molecule is CCC1CC1SNc1cc(C)c(-c2ccc3c(c2)CCCO3)c(C(OC(C)(C)C)C(=O)O)c1C. The van der Waals surface area contributed by atoms with Crippen molar-refractivity contribution in [1.29, 1.82) is 0 Å². The van der Waals surface area contributed by atoms with Gasteiger partial charge < -0.3 is 19.3 Å². The van der Waals surface area contributed by atoms with Crippen LogP contribution in [0.2, 0.25) is 0 Å². The van der Waals surface area contributed by atoms with Gasteiger partial charge in [0.2, 0.25) is 0 Å². The zero-order valence-corrected chi connectivity index (χ0v) is 22.0. The summed E-state index contributed by atoms with van der Waals surface area (Å²) >= 11 is 1.76. The normalized spacial score (nSPS) is 20.3. The summed E-state index contributed by atoms with van der Waals surface area (Å²) in [6.45, 7) is 12.7. The highest BCUT2D eigenvalue weighted by atomic mass is 32.2. The fraction of sp³-hybridized carbons (Fsp3) is 0.536. The predicted molar refractivity (Wildman–Crippen MR) is 140 cm³/mol. The van der Waals surface area contributed by atoms with Gasteiger partial charge in [-0.1, -0.05) is 19.4 Å². The Morgan fingerprint density at radius 2 is 2.06 bits per heavy atom. The first-order valence-electron chi connectivity index (χ1n) is 12.3. The van der Waals surface area contributed by atoms with Crippen molar-refractivity contribution in [3.05, 3.63) is 46.5 Å². The molecule has 184 valence electrons. The molecule has 2 aliphatic rings. The van der Waals surface area contributed by atoms with Crippen LogP contribution < -0.4 is 9.46 Å². The van der Waals surface area contributed by atoms with Crippen molar-refractivity contribution in [2.75, 3.05) is 11.3 Å². The predicted octanol–water partition coefficient (Wildman–Crippen LogP) is 7.09. The van der Waals surface area contributed by atoms with Gasteiger partial charge in [0.05, 0.1) is 12.2 Å². The Hall–Kier alpha value is -2.18. The lowest BCUT2D eigenvalue weighted by Crippen LogP contribution is -2.28. The molecule has 1 aliphatic heterocycles. The molecule has 0 amide bonds. The third-order valence-corrected chi connectivity index (χ3v) is 7.91. The molecule has 0 saturated heterocycles. The van der Waals surface area contributed by atoms with Crippen LogP contribution in [0.4, 0.5) is 5.69 Å². The molecule has 2 N–H and O–H groups in total. The number of carboxylic acids is 1. The summed E-state index contributed by atoms with van der Waals surface area (Å²) < 4.78 is 15.5. The van der Waals surface area contributed by atoms with Crippen LogP contribution in [0.25, 0.3) is 11.1 Å². The first-order valence-corrected chi connectivity index (χ1v) is 13.2. The van der Waals surface area contributed by atoms with E-state index in [1.807, 2.05) is 39.8 Å². The van der Waals surface area contributed by atoms with Gasteiger partial charge in [0, 0.05) is 16.5 Å². The first kappa shape index (κ1) is 24.9. The minimum Gasteiger partial charge on any atom is -0.493 e. The molecule has 3 unspecified atom stereocenters. The van der Waals surface area contributed by atoms with Crippen LogP contribution in [0.15, 0.2) is 24.3 Å². The van der Waals surface area contributed by atoms with Gasteiger partial charge in [-0.15, -0.1) is 0 Å². The maximum atomic E-state index is 12.6. The van der Waals surface area contributed by atoms with E-state index < -0.39 is 17.7 Å². The van der Waals surface area contributed by atoms with E-state index in [1.54, 1.807) is 11.9 Å². The van der Waals surface area contributed by atoms with Crippen molar-refractivity contribution >= 4 is 23.6 Å². The monoisotopic (exact) mass is 483 g/mol. The van der Waals surface area contributed by atoms with Gasteiger partial charge >= 0.3 is 5.97 Å². The van der Waals surface area contributed by atoms with Crippen LogP contribution in [0.3, 0.4) is 0 Å². The molecule has 0 spiro atoms. The summed E-state index contributed by atoms with van der Waals surface area (Å²) in [4.78, 5) is 12.6. The lowest BCUT2D eigenvalue weighted by molar-refractivity contribution is -0.160. The minimum absolute atomic E-state index is 0.606. The van der Waals surface area contributed by atoms with E-state index in [2.05, 4.69) is 30.7 Å². The van der Waals surface area contributed by atoms with E-state index in [4.69, 9.17) is 9.47 Å². The molecule has 5 nitrogen and oxygen atoms in total. The summed E-state index contributed by atoms with van der Waals surface area (Å²) in [7, 11) is 0. The van der Waals surface area contributed by atoms with Crippen LogP contribution in [0.5, 0.6) is 5.75 Å². The third-order valence-electron chi connectivity index (χ3n) is 6.69.